The zero-order chi connectivity index (χ0) is 16.6. The Morgan fingerprint density at radius 2 is 2.09 bits per heavy atom. The van der Waals surface area contributed by atoms with Gasteiger partial charge in [-0.1, -0.05) is 23.7 Å². The lowest BCUT2D eigenvalue weighted by atomic mass is 10.2. The number of benzene rings is 1. The number of nitrogens with zero attached hydrogens (tertiary/aromatic N) is 2. The molecule has 2 heterocycles. The van der Waals surface area contributed by atoms with E-state index in [0.717, 1.165) is 0 Å². The molecule has 1 unspecified atom stereocenters. The van der Waals surface area contributed by atoms with Crippen LogP contribution in [0.25, 0.3) is 0 Å². The summed E-state index contributed by atoms with van der Waals surface area (Å²) in [4.78, 5) is -0.0150. The van der Waals surface area contributed by atoms with Gasteiger partial charge in [-0.15, -0.1) is 0 Å². The van der Waals surface area contributed by atoms with E-state index in [4.69, 9.17) is 21.1 Å². The first-order valence-electron chi connectivity index (χ1n) is 6.96. The van der Waals surface area contributed by atoms with E-state index in [1.54, 1.807) is 26.1 Å². The van der Waals surface area contributed by atoms with Gasteiger partial charge < -0.3 is 9.47 Å². The predicted octanol–water partition coefficient (Wildman–Crippen LogP) is 1.50. The van der Waals surface area contributed by atoms with Crippen LogP contribution in [-0.4, -0.2) is 37.5 Å². The Kier molecular flexibility index (Phi) is 4.22. The molecule has 1 N–H and O–H groups in total. The van der Waals surface area contributed by atoms with Gasteiger partial charge in [0.15, 0.2) is 11.5 Å². The molecule has 0 spiro atoms. The van der Waals surface area contributed by atoms with E-state index in [1.165, 1.54) is 4.68 Å². The first-order chi connectivity index (χ1) is 10.9. The third-order valence-corrected chi connectivity index (χ3v) is 5.56. The summed E-state index contributed by atoms with van der Waals surface area (Å²) in [7, 11) is -2.19. The van der Waals surface area contributed by atoms with Crippen LogP contribution in [0.2, 0.25) is 5.15 Å². The predicted molar refractivity (Wildman–Crippen MR) is 84.5 cm³/mol. The number of halogens is 1. The van der Waals surface area contributed by atoms with Crippen LogP contribution < -0.4 is 14.2 Å². The van der Waals surface area contributed by atoms with Gasteiger partial charge in [0.2, 0.25) is 10.0 Å². The van der Waals surface area contributed by atoms with Crippen LogP contribution in [0.3, 0.4) is 0 Å². The van der Waals surface area contributed by atoms with E-state index in [-0.39, 0.29) is 23.2 Å². The monoisotopic (exact) mass is 357 g/mol. The Morgan fingerprint density at radius 3 is 2.74 bits per heavy atom. The van der Waals surface area contributed by atoms with E-state index < -0.39 is 16.1 Å². The van der Waals surface area contributed by atoms with E-state index in [9.17, 15) is 8.42 Å². The van der Waals surface area contributed by atoms with Gasteiger partial charge in [-0.05, 0) is 19.1 Å². The molecule has 0 radical (unpaired) electrons. The molecule has 0 saturated heterocycles. The van der Waals surface area contributed by atoms with Crippen LogP contribution in [0, 0.1) is 6.92 Å². The fraction of sp³-hybridized carbons (Fsp3) is 0.357. The highest BCUT2D eigenvalue weighted by atomic mass is 35.5. The van der Waals surface area contributed by atoms with Crippen molar-refractivity contribution < 1.29 is 17.9 Å². The molecule has 0 aliphatic carbocycles. The van der Waals surface area contributed by atoms with Gasteiger partial charge in [-0.3, -0.25) is 4.68 Å². The number of fused-ring (bicyclic) bond motifs is 1. The van der Waals surface area contributed by atoms with Gasteiger partial charge in [-0.2, -0.15) is 5.10 Å². The minimum absolute atomic E-state index is 0.0150. The molecule has 1 aromatic carbocycles. The van der Waals surface area contributed by atoms with Crippen molar-refractivity contribution in [2.75, 3.05) is 13.2 Å². The summed E-state index contributed by atoms with van der Waals surface area (Å²) in [6, 6.07) is 7.25. The number of nitrogens with one attached hydrogen (secondary N) is 1. The number of hydrogen-bond acceptors (Lipinski definition) is 5. The minimum atomic E-state index is -3.78. The smallest absolute Gasteiger partial charge is 0.245 e. The normalized spacial score (nSPS) is 17.3. The molecule has 9 heteroatoms. The first kappa shape index (κ1) is 16.1. The van der Waals surface area contributed by atoms with Gasteiger partial charge in [0.1, 0.15) is 22.8 Å². The van der Waals surface area contributed by atoms with E-state index >= 15 is 0 Å². The lowest BCUT2D eigenvalue weighted by molar-refractivity contribution is 0.0943. The molecule has 0 bridgehead atoms. The number of aromatic nitrogens is 2. The van der Waals surface area contributed by atoms with Crippen molar-refractivity contribution in [2.24, 2.45) is 7.05 Å². The summed E-state index contributed by atoms with van der Waals surface area (Å²) in [5.41, 5.74) is 0.344. The largest absolute Gasteiger partial charge is 0.486 e. The Balaban J connectivity index is 1.71. The van der Waals surface area contributed by atoms with Crippen molar-refractivity contribution >= 4 is 21.6 Å². The highest BCUT2D eigenvalue weighted by Crippen LogP contribution is 2.31. The Morgan fingerprint density at radius 1 is 1.39 bits per heavy atom. The average Bonchev–Trinajstić information content (AvgIpc) is 2.78. The number of hydrogen-bond donors (Lipinski definition) is 1. The minimum Gasteiger partial charge on any atom is -0.486 e. The molecule has 23 heavy (non-hydrogen) atoms. The van der Waals surface area contributed by atoms with Crippen LogP contribution in [-0.2, 0) is 17.1 Å². The summed E-state index contributed by atoms with van der Waals surface area (Å²) < 4.78 is 40.0. The van der Waals surface area contributed by atoms with Crippen molar-refractivity contribution in [3.05, 3.63) is 35.1 Å². The number of sulfonamides is 1. The van der Waals surface area contributed by atoms with Gasteiger partial charge in [0.25, 0.3) is 0 Å². The van der Waals surface area contributed by atoms with Crippen LogP contribution >= 0.6 is 11.6 Å². The van der Waals surface area contributed by atoms with E-state index in [1.807, 2.05) is 12.1 Å². The second-order valence-electron chi connectivity index (χ2n) is 5.18. The number of aryl methyl sites for hydroxylation is 2. The molecule has 0 amide bonds. The molecule has 0 saturated carbocycles. The maximum absolute atomic E-state index is 12.4. The molecule has 3 rings (SSSR count). The van der Waals surface area contributed by atoms with Crippen molar-refractivity contribution in [3.8, 4) is 11.5 Å². The van der Waals surface area contributed by atoms with Crippen LogP contribution in [0.5, 0.6) is 11.5 Å². The molecule has 1 atom stereocenters. The van der Waals surface area contributed by atoms with Gasteiger partial charge in [0.05, 0.1) is 12.2 Å². The molecule has 1 aliphatic rings. The lowest BCUT2D eigenvalue weighted by Gasteiger charge is -2.26. The van der Waals surface area contributed by atoms with Crippen molar-refractivity contribution in [3.63, 3.8) is 0 Å². The van der Waals surface area contributed by atoms with E-state index in [2.05, 4.69) is 9.82 Å². The van der Waals surface area contributed by atoms with E-state index in [0.29, 0.717) is 17.2 Å². The van der Waals surface area contributed by atoms with Gasteiger partial charge in [0, 0.05) is 7.05 Å². The third-order valence-electron chi connectivity index (χ3n) is 3.44. The van der Waals surface area contributed by atoms with Crippen molar-refractivity contribution in [1.29, 1.82) is 0 Å². The van der Waals surface area contributed by atoms with Crippen LogP contribution in [0.4, 0.5) is 0 Å². The summed E-state index contributed by atoms with van der Waals surface area (Å²) >= 11 is 6.01. The molecular formula is C14H16ClN3O4S. The maximum atomic E-state index is 12.4. The second-order valence-corrected chi connectivity index (χ2v) is 7.24. The topological polar surface area (TPSA) is 82.5 Å². The SMILES string of the molecule is Cc1nn(C)c(Cl)c1S(=O)(=O)NCC1COc2ccccc2O1. The maximum Gasteiger partial charge on any atom is 0.245 e. The number of para-hydroxylation sites is 2. The lowest BCUT2D eigenvalue weighted by Crippen LogP contribution is -2.40. The Labute approximate surface area is 139 Å². The third kappa shape index (κ3) is 3.15. The first-order valence-corrected chi connectivity index (χ1v) is 8.82. The van der Waals surface area contributed by atoms with Crippen LogP contribution in [0.15, 0.2) is 29.2 Å². The number of ether oxygens (including phenoxy) is 2. The zero-order valence-corrected chi connectivity index (χ0v) is 14.2. The fourth-order valence-corrected chi connectivity index (χ4v) is 4.17. The Bertz CT molecular complexity index is 835. The molecule has 7 nitrogen and oxygen atoms in total. The molecule has 1 aromatic heterocycles. The van der Waals surface area contributed by atoms with Crippen LogP contribution in [0.1, 0.15) is 5.69 Å². The summed E-state index contributed by atoms with van der Waals surface area (Å²) in [6.45, 7) is 1.93. The quantitative estimate of drug-likeness (QED) is 0.896. The summed E-state index contributed by atoms with van der Waals surface area (Å²) in [5.74, 6) is 1.25. The molecule has 124 valence electrons. The average molecular weight is 358 g/mol. The second kappa shape index (κ2) is 6.03. The Hall–Kier alpha value is -1.77. The molecule has 1 aliphatic heterocycles. The standard InChI is InChI=1S/C14H16ClN3O4S/c1-9-13(14(15)18(2)17-9)23(19,20)16-7-10-8-21-11-5-3-4-6-12(11)22-10/h3-6,10,16H,7-8H2,1-2H3. The van der Waals surface area contributed by atoms with Gasteiger partial charge in [-0.25, -0.2) is 13.1 Å². The summed E-state index contributed by atoms with van der Waals surface area (Å²) in [5, 5.41) is 4.08. The van der Waals surface area contributed by atoms with Gasteiger partial charge >= 0.3 is 0 Å². The molecular weight excluding hydrogens is 342 g/mol. The summed E-state index contributed by atoms with van der Waals surface area (Å²) in [6.07, 6.45) is -0.421. The highest BCUT2D eigenvalue weighted by molar-refractivity contribution is 7.89. The molecule has 2 aromatic rings. The van der Waals surface area contributed by atoms with Crippen molar-refractivity contribution in [1.82, 2.24) is 14.5 Å². The zero-order valence-electron chi connectivity index (χ0n) is 12.6. The fourth-order valence-electron chi connectivity index (χ4n) is 2.35. The van der Waals surface area contributed by atoms with Crippen molar-refractivity contribution in [2.45, 2.75) is 17.9 Å². The molecule has 0 fully saturated rings. The highest BCUT2D eigenvalue weighted by Gasteiger charge is 2.28. The number of rotatable bonds is 4.